The van der Waals surface area contributed by atoms with Crippen LogP contribution in [0.25, 0.3) is 0 Å². The van der Waals surface area contributed by atoms with Crippen molar-refractivity contribution in [2.24, 2.45) is 0 Å². The number of nitrogens with zero attached hydrogens (tertiary/aromatic N) is 2. The maximum Gasteiger partial charge on any atom is 0.223 e. The lowest BCUT2D eigenvalue weighted by Gasteiger charge is -2.27. The minimum atomic E-state index is -0.421. The normalized spacial score (nSPS) is 10.5. The van der Waals surface area contributed by atoms with Gasteiger partial charge in [0.15, 0.2) is 11.6 Å². The van der Waals surface area contributed by atoms with E-state index in [-0.39, 0.29) is 17.7 Å². The summed E-state index contributed by atoms with van der Waals surface area (Å²) in [6.07, 6.45) is 0.774. The van der Waals surface area contributed by atoms with Crippen LogP contribution >= 0.6 is 0 Å². The van der Waals surface area contributed by atoms with Crippen molar-refractivity contribution in [3.8, 4) is 11.8 Å². The van der Waals surface area contributed by atoms with Gasteiger partial charge in [0.25, 0.3) is 0 Å². The molecule has 136 valence electrons. The van der Waals surface area contributed by atoms with Crippen LogP contribution in [0.1, 0.15) is 37.0 Å². The van der Waals surface area contributed by atoms with Crippen LogP contribution in [0.15, 0.2) is 42.5 Å². The second-order valence-electron chi connectivity index (χ2n) is 6.39. The third kappa shape index (κ3) is 5.06. The van der Waals surface area contributed by atoms with Gasteiger partial charge in [-0.05, 0) is 55.7 Å². The molecule has 0 spiro atoms. The predicted molar refractivity (Wildman–Crippen MR) is 98.1 cm³/mol. The average molecular weight is 354 g/mol. The standard InChI is InChI=1S/C21H23FN2O2/c1-15(2)24(14-18-6-4-17(13-23)5-7-18)21(25)11-9-16-8-10-20(26-3)19(22)12-16/h4-8,10,12,15H,9,11,14H2,1-3H3. The van der Waals surface area contributed by atoms with Gasteiger partial charge in [-0.25, -0.2) is 4.39 Å². The molecule has 0 aromatic heterocycles. The monoisotopic (exact) mass is 354 g/mol. The molecule has 0 unspecified atom stereocenters. The van der Waals surface area contributed by atoms with E-state index in [0.29, 0.717) is 24.9 Å². The molecule has 2 rings (SSSR count). The molecule has 0 radical (unpaired) electrons. The quantitative estimate of drug-likeness (QED) is 0.753. The molecule has 0 saturated heterocycles. The first kappa shape index (κ1) is 19.5. The van der Waals surface area contributed by atoms with E-state index >= 15 is 0 Å². The number of amides is 1. The van der Waals surface area contributed by atoms with Crippen LogP contribution in [0.5, 0.6) is 5.75 Å². The summed E-state index contributed by atoms with van der Waals surface area (Å²) in [7, 11) is 1.42. The van der Waals surface area contributed by atoms with Crippen molar-refractivity contribution in [1.29, 1.82) is 5.26 Å². The molecule has 0 aliphatic heterocycles. The van der Waals surface area contributed by atoms with Crippen LogP contribution < -0.4 is 4.74 Å². The Morgan fingerprint density at radius 3 is 2.38 bits per heavy atom. The number of ether oxygens (including phenoxy) is 1. The number of methoxy groups -OCH3 is 1. The van der Waals surface area contributed by atoms with Gasteiger partial charge in [-0.1, -0.05) is 18.2 Å². The zero-order chi connectivity index (χ0) is 19.1. The lowest BCUT2D eigenvalue weighted by Crippen LogP contribution is -2.36. The Morgan fingerprint density at radius 1 is 1.19 bits per heavy atom. The highest BCUT2D eigenvalue weighted by Crippen LogP contribution is 2.19. The number of benzene rings is 2. The molecule has 1 amide bonds. The van der Waals surface area contributed by atoms with E-state index < -0.39 is 5.82 Å². The maximum atomic E-state index is 13.8. The van der Waals surface area contributed by atoms with Crippen molar-refractivity contribution in [2.45, 2.75) is 39.3 Å². The van der Waals surface area contributed by atoms with Gasteiger partial charge in [0.2, 0.25) is 5.91 Å². The Labute approximate surface area is 153 Å². The molecule has 2 aromatic carbocycles. The van der Waals surface area contributed by atoms with Crippen LogP contribution in [-0.4, -0.2) is 24.0 Å². The number of rotatable bonds is 7. The number of hydrogen-bond acceptors (Lipinski definition) is 3. The summed E-state index contributed by atoms with van der Waals surface area (Å²) in [4.78, 5) is 14.4. The molecule has 4 nitrogen and oxygen atoms in total. The van der Waals surface area contributed by atoms with Crippen molar-refractivity contribution >= 4 is 5.91 Å². The largest absolute Gasteiger partial charge is 0.494 e. The highest BCUT2D eigenvalue weighted by Gasteiger charge is 2.17. The van der Waals surface area contributed by atoms with Crippen molar-refractivity contribution in [3.05, 3.63) is 65.0 Å². The van der Waals surface area contributed by atoms with Gasteiger partial charge in [-0.15, -0.1) is 0 Å². The molecule has 0 bridgehead atoms. The van der Waals surface area contributed by atoms with E-state index in [1.54, 1.807) is 29.2 Å². The van der Waals surface area contributed by atoms with Crippen LogP contribution in [0.3, 0.4) is 0 Å². The number of carbonyl (C=O) groups is 1. The highest BCUT2D eigenvalue weighted by molar-refractivity contribution is 5.76. The Balaban J connectivity index is 2.01. The summed E-state index contributed by atoms with van der Waals surface area (Å²) in [6, 6.07) is 14.1. The van der Waals surface area contributed by atoms with E-state index in [4.69, 9.17) is 10.00 Å². The third-order valence-corrected chi connectivity index (χ3v) is 4.22. The molecule has 0 aliphatic carbocycles. The molecule has 0 N–H and O–H groups in total. The van der Waals surface area contributed by atoms with Crippen molar-refractivity contribution in [1.82, 2.24) is 4.90 Å². The zero-order valence-electron chi connectivity index (χ0n) is 15.3. The molecule has 0 saturated carbocycles. The zero-order valence-corrected chi connectivity index (χ0v) is 15.3. The smallest absolute Gasteiger partial charge is 0.223 e. The van der Waals surface area contributed by atoms with Gasteiger partial charge in [0.1, 0.15) is 0 Å². The van der Waals surface area contributed by atoms with Crippen molar-refractivity contribution in [2.75, 3.05) is 7.11 Å². The SMILES string of the molecule is COc1ccc(CCC(=O)N(Cc2ccc(C#N)cc2)C(C)C)cc1F. The minimum Gasteiger partial charge on any atom is -0.494 e. The van der Waals surface area contributed by atoms with Gasteiger partial charge >= 0.3 is 0 Å². The fourth-order valence-corrected chi connectivity index (χ4v) is 2.70. The van der Waals surface area contributed by atoms with Crippen molar-refractivity contribution in [3.63, 3.8) is 0 Å². The number of aryl methyl sites for hydroxylation is 1. The number of halogens is 1. The average Bonchev–Trinajstić information content (AvgIpc) is 2.64. The van der Waals surface area contributed by atoms with Crippen LogP contribution in [0.2, 0.25) is 0 Å². The highest BCUT2D eigenvalue weighted by atomic mass is 19.1. The Hall–Kier alpha value is -2.87. The molecule has 26 heavy (non-hydrogen) atoms. The summed E-state index contributed by atoms with van der Waals surface area (Å²) in [5.41, 5.74) is 2.33. The first-order valence-corrected chi connectivity index (χ1v) is 8.55. The maximum absolute atomic E-state index is 13.8. The fourth-order valence-electron chi connectivity index (χ4n) is 2.70. The van der Waals surface area contributed by atoms with Crippen LogP contribution in [0.4, 0.5) is 4.39 Å². The molecule has 0 aliphatic rings. The van der Waals surface area contributed by atoms with Crippen molar-refractivity contribution < 1.29 is 13.9 Å². The Bertz CT molecular complexity index is 795. The molecule has 0 fully saturated rings. The second-order valence-corrected chi connectivity index (χ2v) is 6.39. The molecular formula is C21H23FN2O2. The summed E-state index contributed by atoms with van der Waals surface area (Å²) >= 11 is 0. The van der Waals surface area contributed by atoms with Gasteiger partial charge in [-0.2, -0.15) is 5.26 Å². The molecule has 0 heterocycles. The lowest BCUT2D eigenvalue weighted by atomic mass is 10.1. The number of hydrogen-bond donors (Lipinski definition) is 0. The van der Waals surface area contributed by atoms with E-state index in [2.05, 4.69) is 6.07 Å². The van der Waals surface area contributed by atoms with E-state index in [1.165, 1.54) is 13.2 Å². The summed E-state index contributed by atoms with van der Waals surface area (Å²) in [5, 5.41) is 8.87. The molecule has 0 atom stereocenters. The Morgan fingerprint density at radius 2 is 1.85 bits per heavy atom. The number of nitriles is 1. The van der Waals surface area contributed by atoms with Gasteiger partial charge in [0.05, 0.1) is 18.7 Å². The topological polar surface area (TPSA) is 53.3 Å². The van der Waals surface area contributed by atoms with E-state index in [9.17, 15) is 9.18 Å². The summed E-state index contributed by atoms with van der Waals surface area (Å²) in [5.74, 6) is -0.207. The first-order chi connectivity index (χ1) is 12.4. The molecule has 2 aromatic rings. The van der Waals surface area contributed by atoms with Gasteiger partial charge < -0.3 is 9.64 Å². The van der Waals surface area contributed by atoms with Crippen LogP contribution in [-0.2, 0) is 17.8 Å². The minimum absolute atomic E-state index is 0.0144. The Kier molecular flexibility index (Phi) is 6.74. The van der Waals surface area contributed by atoms with E-state index in [0.717, 1.165) is 11.1 Å². The lowest BCUT2D eigenvalue weighted by molar-refractivity contribution is -0.133. The first-order valence-electron chi connectivity index (χ1n) is 8.55. The third-order valence-electron chi connectivity index (χ3n) is 4.22. The van der Waals surface area contributed by atoms with E-state index in [1.807, 2.05) is 26.0 Å². The fraction of sp³-hybridized carbons (Fsp3) is 0.333. The predicted octanol–water partition coefficient (Wildman–Crippen LogP) is 4.08. The molecule has 5 heteroatoms. The van der Waals surface area contributed by atoms with Crippen LogP contribution in [0, 0.1) is 17.1 Å². The number of carbonyl (C=O) groups excluding carboxylic acids is 1. The second kappa shape index (κ2) is 9.00. The summed E-state index contributed by atoms with van der Waals surface area (Å²) < 4.78 is 18.7. The van der Waals surface area contributed by atoms with Gasteiger partial charge in [0, 0.05) is 19.0 Å². The van der Waals surface area contributed by atoms with Gasteiger partial charge in [-0.3, -0.25) is 4.79 Å². The molecular weight excluding hydrogens is 331 g/mol. The summed E-state index contributed by atoms with van der Waals surface area (Å²) in [6.45, 7) is 4.42.